The van der Waals surface area contributed by atoms with Crippen molar-refractivity contribution in [3.05, 3.63) is 0 Å². The topological polar surface area (TPSA) is 22.2 Å². The molecule has 3 aliphatic heterocycles. The Morgan fingerprint density at radius 2 is 1.12 bits per heavy atom. The zero-order valence-electron chi connectivity index (χ0n) is 10.9. The summed E-state index contributed by atoms with van der Waals surface area (Å²) in [5, 5.41) is 0. The van der Waals surface area contributed by atoms with Crippen LogP contribution in [0.5, 0.6) is 0 Å². The van der Waals surface area contributed by atoms with Crippen molar-refractivity contribution >= 4 is 8.80 Å². The highest BCUT2D eigenvalue weighted by molar-refractivity contribution is 6.65. The molecule has 0 saturated carbocycles. The molecular weight excluding hydrogens is 220 g/mol. The maximum absolute atomic E-state index is 6.01. The van der Waals surface area contributed by atoms with Crippen LogP contribution in [0.3, 0.4) is 0 Å². The summed E-state index contributed by atoms with van der Waals surface area (Å²) in [7, 11) is 6.45. The molecule has 0 radical (unpaired) electrons. The van der Waals surface area contributed by atoms with Crippen molar-refractivity contribution in [3.8, 4) is 0 Å². The monoisotopic (exact) mass is 244 g/mol. The first-order valence-corrected chi connectivity index (χ1v) is 7.77. The van der Waals surface area contributed by atoms with E-state index in [1.54, 1.807) is 0 Å². The van der Waals surface area contributed by atoms with Crippen LogP contribution in [-0.4, -0.2) is 94.9 Å². The van der Waals surface area contributed by atoms with Gasteiger partial charge in [-0.25, -0.2) is 0 Å². The SMILES string of the molecule is CO[Si]12N(C)CCN(CCN1C)CCN2C. The molecule has 3 heterocycles. The van der Waals surface area contributed by atoms with Gasteiger partial charge >= 0.3 is 8.80 Å². The molecule has 0 spiro atoms. The molecule has 2 bridgehead atoms. The average molecular weight is 244 g/mol. The summed E-state index contributed by atoms with van der Waals surface area (Å²) >= 11 is 0. The number of hydrogen-bond donors (Lipinski definition) is 0. The molecule has 16 heavy (non-hydrogen) atoms. The standard InChI is InChI=1S/C10H24N4OSi/c1-11-5-8-14-9-6-12(2)16(11,15-4)13(3)7-10-14/h5-10H2,1-4H3. The van der Waals surface area contributed by atoms with Gasteiger partial charge in [0, 0.05) is 46.4 Å². The highest BCUT2D eigenvalue weighted by Gasteiger charge is 2.51. The summed E-state index contributed by atoms with van der Waals surface area (Å²) in [4.78, 5) is 2.55. The van der Waals surface area contributed by atoms with Crippen LogP contribution in [-0.2, 0) is 4.43 Å². The van der Waals surface area contributed by atoms with Crippen LogP contribution >= 0.6 is 0 Å². The lowest BCUT2D eigenvalue weighted by atomic mass is 10.4. The fourth-order valence-electron chi connectivity index (χ4n) is 2.99. The quantitative estimate of drug-likeness (QED) is 0.561. The molecule has 0 atom stereocenters. The van der Waals surface area contributed by atoms with Crippen LogP contribution in [0.2, 0.25) is 0 Å². The molecule has 3 saturated heterocycles. The van der Waals surface area contributed by atoms with Crippen LogP contribution in [0.25, 0.3) is 0 Å². The Bertz CT molecular complexity index is 217. The van der Waals surface area contributed by atoms with Gasteiger partial charge < -0.3 is 4.43 Å². The molecule has 94 valence electrons. The highest BCUT2D eigenvalue weighted by atomic mass is 28.4. The molecule has 0 aromatic carbocycles. The maximum Gasteiger partial charge on any atom is 0.447 e. The molecule has 3 rings (SSSR count). The molecular formula is C10H24N4OSi. The van der Waals surface area contributed by atoms with E-state index in [4.69, 9.17) is 4.43 Å². The lowest BCUT2D eigenvalue weighted by Gasteiger charge is -2.52. The first kappa shape index (κ1) is 12.5. The van der Waals surface area contributed by atoms with Crippen LogP contribution in [0.1, 0.15) is 0 Å². The number of fused-ring (bicyclic) bond motifs is 6. The first-order chi connectivity index (χ1) is 7.61. The van der Waals surface area contributed by atoms with Gasteiger partial charge in [0.25, 0.3) is 0 Å². The van der Waals surface area contributed by atoms with E-state index in [2.05, 4.69) is 39.7 Å². The van der Waals surface area contributed by atoms with Gasteiger partial charge in [0.15, 0.2) is 0 Å². The Kier molecular flexibility index (Phi) is 3.68. The zero-order chi connectivity index (χ0) is 11.8. The summed E-state index contributed by atoms with van der Waals surface area (Å²) in [6.07, 6.45) is 0. The molecule has 6 heteroatoms. The van der Waals surface area contributed by atoms with E-state index in [0.717, 1.165) is 19.6 Å². The molecule has 3 fully saturated rings. The van der Waals surface area contributed by atoms with Gasteiger partial charge in [-0.3, -0.25) is 18.6 Å². The van der Waals surface area contributed by atoms with Crippen molar-refractivity contribution in [2.75, 3.05) is 67.5 Å². The Balaban J connectivity index is 2.34. The third-order valence-corrected chi connectivity index (χ3v) is 8.22. The second-order valence-corrected chi connectivity index (χ2v) is 8.73. The maximum atomic E-state index is 6.01. The molecule has 0 N–H and O–H groups in total. The molecule has 0 amide bonds. The van der Waals surface area contributed by atoms with Crippen LogP contribution in [0.15, 0.2) is 0 Å². The van der Waals surface area contributed by atoms with E-state index in [1.807, 2.05) is 7.11 Å². The predicted octanol–water partition coefficient (Wildman–Crippen LogP) is -0.807. The number of hydrogen-bond acceptors (Lipinski definition) is 5. The molecule has 0 aromatic rings. The minimum absolute atomic E-state index is 1.11. The highest BCUT2D eigenvalue weighted by Crippen LogP contribution is 2.21. The number of rotatable bonds is 1. The van der Waals surface area contributed by atoms with Gasteiger partial charge in [-0.1, -0.05) is 0 Å². The third-order valence-electron chi connectivity index (χ3n) is 4.02. The van der Waals surface area contributed by atoms with E-state index in [0.29, 0.717) is 0 Å². The summed E-state index contributed by atoms with van der Waals surface area (Å²) in [5.41, 5.74) is 0. The van der Waals surface area contributed by atoms with Crippen molar-refractivity contribution in [1.29, 1.82) is 0 Å². The predicted molar refractivity (Wildman–Crippen MR) is 67.1 cm³/mol. The van der Waals surface area contributed by atoms with E-state index >= 15 is 0 Å². The molecule has 0 unspecified atom stereocenters. The second-order valence-electron chi connectivity index (χ2n) is 4.88. The van der Waals surface area contributed by atoms with Gasteiger partial charge in [-0.05, 0) is 21.1 Å². The molecule has 3 aliphatic rings. The minimum atomic E-state index is -2.04. The van der Waals surface area contributed by atoms with Gasteiger partial charge in [-0.2, -0.15) is 0 Å². The van der Waals surface area contributed by atoms with Gasteiger partial charge in [-0.15, -0.1) is 0 Å². The van der Waals surface area contributed by atoms with Crippen LogP contribution in [0.4, 0.5) is 0 Å². The molecule has 5 nitrogen and oxygen atoms in total. The van der Waals surface area contributed by atoms with Crippen molar-refractivity contribution < 1.29 is 4.43 Å². The summed E-state index contributed by atoms with van der Waals surface area (Å²) < 4.78 is 13.3. The van der Waals surface area contributed by atoms with Crippen LogP contribution < -0.4 is 0 Å². The van der Waals surface area contributed by atoms with Gasteiger partial charge in [0.1, 0.15) is 0 Å². The van der Waals surface area contributed by atoms with Gasteiger partial charge in [0.2, 0.25) is 0 Å². The lowest BCUT2D eigenvalue weighted by Crippen LogP contribution is -2.78. The van der Waals surface area contributed by atoms with Gasteiger partial charge in [0.05, 0.1) is 0 Å². The number of nitrogens with zero attached hydrogens (tertiary/aromatic N) is 4. The summed E-state index contributed by atoms with van der Waals surface area (Å²) in [5.74, 6) is 0. The Morgan fingerprint density at radius 3 is 1.44 bits per heavy atom. The van der Waals surface area contributed by atoms with E-state index < -0.39 is 8.80 Å². The van der Waals surface area contributed by atoms with Crippen molar-refractivity contribution in [2.24, 2.45) is 0 Å². The summed E-state index contributed by atoms with van der Waals surface area (Å²) in [6.45, 7) is 6.85. The minimum Gasteiger partial charge on any atom is -0.383 e. The van der Waals surface area contributed by atoms with Crippen molar-refractivity contribution in [3.63, 3.8) is 0 Å². The normalized spacial score (nSPS) is 39.4. The third kappa shape index (κ3) is 1.83. The average Bonchev–Trinajstić information content (AvgIpc) is 2.25. The largest absolute Gasteiger partial charge is 0.447 e. The second kappa shape index (κ2) is 4.71. The lowest BCUT2D eigenvalue weighted by molar-refractivity contribution is 0.0947. The Morgan fingerprint density at radius 1 is 0.750 bits per heavy atom. The Hall–Kier alpha value is 0.0169. The fraction of sp³-hybridized carbons (Fsp3) is 1.00. The van der Waals surface area contributed by atoms with Crippen LogP contribution in [0, 0.1) is 0 Å². The van der Waals surface area contributed by atoms with Crippen molar-refractivity contribution in [2.45, 2.75) is 0 Å². The smallest absolute Gasteiger partial charge is 0.383 e. The number of likely N-dealkylation sites (N-methyl/N-ethyl adjacent to an activating group) is 3. The fourth-order valence-corrected chi connectivity index (χ4v) is 6.85. The first-order valence-electron chi connectivity index (χ1n) is 6.02. The van der Waals surface area contributed by atoms with E-state index in [9.17, 15) is 0 Å². The Labute approximate surface area is 99.9 Å². The zero-order valence-corrected chi connectivity index (χ0v) is 11.9. The molecule has 0 aliphatic carbocycles. The van der Waals surface area contributed by atoms with Crippen molar-refractivity contribution in [1.82, 2.24) is 18.6 Å². The van der Waals surface area contributed by atoms with E-state index in [-0.39, 0.29) is 0 Å². The molecule has 0 aromatic heterocycles. The summed E-state index contributed by atoms with van der Waals surface area (Å²) in [6, 6.07) is 0. The van der Waals surface area contributed by atoms with E-state index in [1.165, 1.54) is 19.6 Å².